The fourth-order valence-electron chi connectivity index (χ4n) is 8.12. The van der Waals surface area contributed by atoms with Crippen LogP contribution in [0.4, 0.5) is 0 Å². The van der Waals surface area contributed by atoms with Gasteiger partial charge in [0.1, 0.15) is 6.10 Å². The molecule has 0 aromatic heterocycles. The Labute approximate surface area is 248 Å². The fourth-order valence-corrected chi connectivity index (χ4v) is 8.52. The predicted octanol–water partition coefficient (Wildman–Crippen LogP) is 5.37. The quantitative estimate of drug-likeness (QED) is 0.289. The molecule has 1 unspecified atom stereocenters. The minimum absolute atomic E-state index is 0. The first kappa shape index (κ1) is 32.3. The van der Waals surface area contributed by atoms with Crippen LogP contribution >= 0.6 is 24.0 Å². The third kappa shape index (κ3) is 4.62. The van der Waals surface area contributed by atoms with Crippen LogP contribution < -0.4 is 0 Å². The summed E-state index contributed by atoms with van der Waals surface area (Å²) in [5.74, 6) is -2.00. The van der Waals surface area contributed by atoms with E-state index in [0.717, 1.165) is 5.57 Å². The number of hydrogen-bond donors (Lipinski definition) is 0. The molecule has 4 aliphatic carbocycles. The normalized spacial score (nSPS) is 36.5. The third-order valence-corrected chi connectivity index (χ3v) is 10.6. The number of fused-ring (bicyclic) bond motifs is 5. The summed E-state index contributed by atoms with van der Waals surface area (Å²) in [5, 5.41) is 0.450. The molecule has 7 atom stereocenters. The molecule has 4 rings (SSSR count). The van der Waals surface area contributed by atoms with Gasteiger partial charge in [-0.1, -0.05) is 58.5 Å². The Balaban J connectivity index is 0.00000441. The average Bonchev–Trinajstić information content (AvgIpc) is 3.11. The van der Waals surface area contributed by atoms with Gasteiger partial charge >= 0.3 is 11.9 Å². The number of allylic oxidation sites excluding steroid dienone is 6. The van der Waals surface area contributed by atoms with E-state index in [-0.39, 0.29) is 60.7 Å². The maximum absolute atomic E-state index is 13.4. The number of ketones is 2. The van der Waals surface area contributed by atoms with Gasteiger partial charge < -0.3 is 9.47 Å². The number of likely N-dealkylation sites (N-methyl/N-ethyl adjacent to an activating group) is 1. The first-order valence-corrected chi connectivity index (χ1v) is 14.2. The lowest BCUT2D eigenvalue weighted by molar-refractivity contribution is -0.185. The highest BCUT2D eigenvalue weighted by Crippen LogP contribution is 2.69. The lowest BCUT2D eigenvalue weighted by Gasteiger charge is -2.58. The summed E-state index contributed by atoms with van der Waals surface area (Å²) in [6, 6.07) is 0. The molecule has 0 aromatic carbocycles. The van der Waals surface area contributed by atoms with Gasteiger partial charge in [0.25, 0.3) is 0 Å². The van der Waals surface area contributed by atoms with Gasteiger partial charge in [0, 0.05) is 40.7 Å². The van der Waals surface area contributed by atoms with E-state index in [9.17, 15) is 19.2 Å². The molecule has 0 bridgehead atoms. The van der Waals surface area contributed by atoms with Crippen molar-refractivity contribution in [1.29, 1.82) is 0 Å². The van der Waals surface area contributed by atoms with Gasteiger partial charge in [0.2, 0.25) is 0 Å². The largest absolute Gasteiger partial charge is 0.461 e. The summed E-state index contributed by atoms with van der Waals surface area (Å²) in [4.78, 5) is 53.5. The molecule has 0 spiro atoms. The number of esters is 2. The Bertz CT molecular complexity index is 1220. The van der Waals surface area contributed by atoms with Crippen molar-refractivity contribution in [1.82, 2.24) is 4.90 Å². The molecule has 220 valence electrons. The molecule has 0 amide bonds. The summed E-state index contributed by atoms with van der Waals surface area (Å²) in [5.41, 5.74) is -1.16. The van der Waals surface area contributed by atoms with E-state index in [1.807, 2.05) is 31.7 Å². The minimum Gasteiger partial charge on any atom is -0.461 e. The monoisotopic (exact) mass is 593 g/mol. The van der Waals surface area contributed by atoms with Crippen LogP contribution in [-0.2, 0) is 28.7 Å². The van der Waals surface area contributed by atoms with Crippen molar-refractivity contribution in [2.24, 2.45) is 28.6 Å². The van der Waals surface area contributed by atoms with Gasteiger partial charge in [0.05, 0.1) is 6.54 Å². The van der Waals surface area contributed by atoms with Crippen LogP contribution in [0.1, 0.15) is 60.8 Å². The van der Waals surface area contributed by atoms with E-state index >= 15 is 0 Å². The lowest BCUT2D eigenvalue weighted by atomic mass is 9.46. The van der Waals surface area contributed by atoms with Crippen molar-refractivity contribution in [2.45, 2.75) is 72.5 Å². The van der Waals surface area contributed by atoms with Crippen LogP contribution in [-0.4, -0.2) is 59.7 Å². The molecule has 7 nitrogen and oxygen atoms in total. The Morgan fingerprint density at radius 1 is 1.15 bits per heavy atom. The molecule has 4 aliphatic rings. The SMILES string of the molecule is C=C1C(=C)[C@@]2(C)C(=CC1=O)C(Cl)=C[C@@H]1[C@@H]2CC[C@@]2(C)[C@H]1C(OC(=O)CN(CC)CC)C[C@]2(OC(C)=O)C(C)=O.Cl. The standard InChI is InChI=1S/C31H40ClNO6.ClH/c1-9-33(10-2)16-27(37)38-26-15-31(19(5)34,39-20(6)35)29(7)12-11-22-21(28(26)29)13-24(32)23-14-25(36)17(3)18(4)30(22,23)8;/h13-14,21-22,26,28H,3-4,9-12,15-16H2,1-2,5-8H3;1H/t21-,22+,26?,28-,29+,30-,31+;/m1./s1. The predicted molar refractivity (Wildman–Crippen MR) is 156 cm³/mol. The van der Waals surface area contributed by atoms with Crippen LogP contribution in [0, 0.1) is 28.6 Å². The highest BCUT2D eigenvalue weighted by atomic mass is 35.5. The third-order valence-electron chi connectivity index (χ3n) is 10.3. The zero-order valence-corrected chi connectivity index (χ0v) is 25.9. The van der Waals surface area contributed by atoms with Gasteiger partial charge in [-0.3, -0.25) is 24.1 Å². The van der Waals surface area contributed by atoms with E-state index in [4.69, 9.17) is 21.1 Å². The molecule has 0 N–H and O–H groups in total. The van der Waals surface area contributed by atoms with Crippen molar-refractivity contribution in [3.63, 3.8) is 0 Å². The Hall–Kier alpha value is -2.22. The topological polar surface area (TPSA) is 90.0 Å². The maximum Gasteiger partial charge on any atom is 0.320 e. The smallest absolute Gasteiger partial charge is 0.320 e. The van der Waals surface area contributed by atoms with Gasteiger partial charge in [-0.2, -0.15) is 0 Å². The molecular weight excluding hydrogens is 553 g/mol. The molecule has 9 heteroatoms. The highest BCUT2D eigenvalue weighted by Gasteiger charge is 2.72. The molecule has 40 heavy (non-hydrogen) atoms. The number of rotatable bonds is 7. The molecule has 2 saturated carbocycles. The number of carbonyl (C=O) groups is 4. The second kappa shape index (κ2) is 11.2. The summed E-state index contributed by atoms with van der Waals surface area (Å²) < 4.78 is 12.1. The first-order chi connectivity index (χ1) is 18.2. The molecule has 0 radical (unpaired) electrons. The highest BCUT2D eigenvalue weighted by molar-refractivity contribution is 6.33. The van der Waals surface area contributed by atoms with Crippen LogP contribution in [0.3, 0.4) is 0 Å². The Kier molecular flexibility index (Phi) is 9.06. The number of nitrogens with zero attached hydrogens (tertiary/aromatic N) is 1. The van der Waals surface area contributed by atoms with Crippen molar-refractivity contribution < 1.29 is 28.7 Å². The Morgan fingerprint density at radius 2 is 1.77 bits per heavy atom. The molecular formula is C31H41Cl2NO6. The number of carbonyl (C=O) groups excluding carboxylic acids is 4. The second-order valence-electron chi connectivity index (χ2n) is 11.9. The number of Topliss-reactive ketones (excluding diaryl/α,β-unsaturated/α-hetero) is 1. The van der Waals surface area contributed by atoms with Crippen molar-refractivity contribution >= 4 is 47.5 Å². The minimum atomic E-state index is -1.44. The van der Waals surface area contributed by atoms with E-state index < -0.39 is 28.5 Å². The molecule has 0 aliphatic heterocycles. The number of ether oxygens (including phenoxy) is 2. The summed E-state index contributed by atoms with van der Waals surface area (Å²) in [7, 11) is 0. The maximum atomic E-state index is 13.4. The molecule has 2 fully saturated rings. The van der Waals surface area contributed by atoms with E-state index in [0.29, 0.717) is 42.1 Å². The van der Waals surface area contributed by atoms with Crippen molar-refractivity contribution in [3.8, 4) is 0 Å². The van der Waals surface area contributed by atoms with Crippen LogP contribution in [0.5, 0.6) is 0 Å². The summed E-state index contributed by atoms with van der Waals surface area (Å²) in [6.07, 6.45) is 4.15. The van der Waals surface area contributed by atoms with Crippen LogP contribution in [0.2, 0.25) is 0 Å². The fraction of sp³-hybridized carbons (Fsp3) is 0.613. The Morgan fingerprint density at radius 3 is 2.33 bits per heavy atom. The van der Waals surface area contributed by atoms with Crippen molar-refractivity contribution in [3.05, 3.63) is 47.1 Å². The zero-order valence-electron chi connectivity index (χ0n) is 24.3. The molecule has 0 heterocycles. The first-order valence-electron chi connectivity index (χ1n) is 13.8. The van der Waals surface area contributed by atoms with E-state index in [1.54, 1.807) is 6.08 Å². The average molecular weight is 595 g/mol. The van der Waals surface area contributed by atoms with Gasteiger partial charge in [0.15, 0.2) is 17.2 Å². The van der Waals surface area contributed by atoms with Gasteiger partial charge in [-0.05, 0) is 61.9 Å². The number of hydrogen-bond acceptors (Lipinski definition) is 7. The van der Waals surface area contributed by atoms with Crippen LogP contribution in [0.15, 0.2) is 47.1 Å². The zero-order chi connectivity index (χ0) is 29.1. The second-order valence-corrected chi connectivity index (χ2v) is 12.3. The lowest BCUT2D eigenvalue weighted by Crippen LogP contribution is -2.58. The van der Waals surface area contributed by atoms with Crippen molar-refractivity contribution in [2.75, 3.05) is 19.6 Å². The summed E-state index contributed by atoms with van der Waals surface area (Å²) >= 11 is 6.89. The van der Waals surface area contributed by atoms with Crippen LogP contribution in [0.25, 0.3) is 0 Å². The summed E-state index contributed by atoms with van der Waals surface area (Å²) in [6.45, 7) is 20.5. The van der Waals surface area contributed by atoms with Gasteiger partial charge in [-0.15, -0.1) is 12.4 Å². The van der Waals surface area contributed by atoms with E-state index in [1.165, 1.54) is 13.8 Å². The van der Waals surface area contributed by atoms with E-state index in [2.05, 4.69) is 20.1 Å². The number of halogens is 2. The molecule has 0 aromatic rings. The van der Waals surface area contributed by atoms with Gasteiger partial charge in [-0.25, -0.2) is 0 Å². The molecule has 0 saturated heterocycles.